The molecule has 2 amide bonds. The highest BCUT2D eigenvalue weighted by atomic mass is 16.4. The molecule has 0 aliphatic carbocycles. The molecule has 0 aliphatic rings. The lowest BCUT2D eigenvalue weighted by Gasteiger charge is -2.23. The zero-order chi connectivity index (χ0) is 13.6. The fraction of sp³-hybridized carbons (Fsp3) is 0.700. The van der Waals surface area contributed by atoms with Gasteiger partial charge in [-0.15, -0.1) is 0 Å². The summed E-state index contributed by atoms with van der Waals surface area (Å²) < 4.78 is 0. The summed E-state index contributed by atoms with van der Waals surface area (Å²) in [5.41, 5.74) is 4.56. The minimum absolute atomic E-state index is 0.174. The quantitative estimate of drug-likeness (QED) is 0.542. The van der Waals surface area contributed by atoms with Crippen LogP contribution in [0.4, 0.5) is 0 Å². The molecule has 0 unspecified atom stereocenters. The van der Waals surface area contributed by atoms with Gasteiger partial charge in [0.15, 0.2) is 0 Å². The third-order valence-corrected chi connectivity index (χ3v) is 1.62. The SMILES string of the molecule is CC(C)(C)NC(=O)CN(CC(N)=O)CC(=O)O. The third kappa shape index (κ3) is 9.31. The number of carboxylic acids is 1. The Bertz CT molecular complexity index is 293. The number of hydrogen-bond acceptors (Lipinski definition) is 4. The van der Waals surface area contributed by atoms with Crippen LogP contribution in [-0.4, -0.2) is 53.0 Å². The second-order valence-corrected chi connectivity index (χ2v) is 4.80. The van der Waals surface area contributed by atoms with E-state index in [4.69, 9.17) is 10.8 Å². The molecule has 7 nitrogen and oxygen atoms in total. The number of aliphatic carboxylic acids is 1. The summed E-state index contributed by atoms with van der Waals surface area (Å²) in [5.74, 6) is -2.13. The lowest BCUT2D eigenvalue weighted by atomic mass is 10.1. The zero-order valence-electron chi connectivity index (χ0n) is 10.3. The molecule has 0 aromatic heterocycles. The van der Waals surface area contributed by atoms with Crippen molar-refractivity contribution in [3.63, 3.8) is 0 Å². The molecular formula is C10H19N3O4. The number of carbonyl (C=O) groups is 3. The number of carboxylic acid groups (broad SMARTS) is 1. The van der Waals surface area contributed by atoms with Crippen LogP contribution in [-0.2, 0) is 14.4 Å². The number of hydrogen-bond donors (Lipinski definition) is 3. The van der Waals surface area contributed by atoms with Gasteiger partial charge in [-0.2, -0.15) is 0 Å². The van der Waals surface area contributed by atoms with Crippen molar-refractivity contribution in [2.75, 3.05) is 19.6 Å². The van der Waals surface area contributed by atoms with Gasteiger partial charge >= 0.3 is 5.97 Å². The Labute approximate surface area is 100.0 Å². The topological polar surface area (TPSA) is 113 Å². The number of nitrogens with one attached hydrogen (secondary N) is 1. The van der Waals surface area contributed by atoms with Crippen LogP contribution in [0.25, 0.3) is 0 Å². The van der Waals surface area contributed by atoms with E-state index in [0.29, 0.717) is 0 Å². The molecule has 0 atom stereocenters. The normalized spacial score (nSPS) is 11.3. The molecule has 0 spiro atoms. The molecule has 4 N–H and O–H groups in total. The van der Waals surface area contributed by atoms with Crippen LogP contribution in [0.2, 0.25) is 0 Å². The Morgan fingerprint density at radius 2 is 1.71 bits per heavy atom. The van der Waals surface area contributed by atoms with E-state index in [1.165, 1.54) is 4.90 Å². The summed E-state index contributed by atoms with van der Waals surface area (Å²) >= 11 is 0. The molecular weight excluding hydrogens is 226 g/mol. The number of carbonyl (C=O) groups excluding carboxylic acids is 2. The van der Waals surface area contributed by atoms with Crippen LogP contribution in [0, 0.1) is 0 Å². The Hall–Kier alpha value is -1.63. The van der Waals surface area contributed by atoms with Gasteiger partial charge < -0.3 is 16.2 Å². The Balaban J connectivity index is 4.37. The Kier molecular flexibility index (Phi) is 5.60. The highest BCUT2D eigenvalue weighted by Crippen LogP contribution is 1.98. The molecule has 0 bridgehead atoms. The van der Waals surface area contributed by atoms with E-state index in [9.17, 15) is 14.4 Å². The van der Waals surface area contributed by atoms with Crippen molar-refractivity contribution in [3.8, 4) is 0 Å². The first kappa shape index (κ1) is 15.4. The number of rotatable bonds is 6. The largest absolute Gasteiger partial charge is 0.480 e. The average molecular weight is 245 g/mol. The summed E-state index contributed by atoms with van der Waals surface area (Å²) in [4.78, 5) is 34.0. The van der Waals surface area contributed by atoms with E-state index in [1.807, 2.05) is 0 Å². The van der Waals surface area contributed by atoms with Crippen molar-refractivity contribution in [2.24, 2.45) is 5.73 Å². The summed E-state index contributed by atoms with van der Waals surface area (Å²) in [7, 11) is 0. The molecule has 98 valence electrons. The van der Waals surface area contributed by atoms with Crippen LogP contribution in [0.5, 0.6) is 0 Å². The van der Waals surface area contributed by atoms with Crippen molar-refractivity contribution in [3.05, 3.63) is 0 Å². The number of amides is 2. The van der Waals surface area contributed by atoms with Gasteiger partial charge in [-0.3, -0.25) is 19.3 Å². The van der Waals surface area contributed by atoms with Gasteiger partial charge in [0.05, 0.1) is 19.6 Å². The number of nitrogens with zero attached hydrogens (tertiary/aromatic N) is 1. The van der Waals surface area contributed by atoms with Crippen molar-refractivity contribution in [1.29, 1.82) is 0 Å². The van der Waals surface area contributed by atoms with E-state index >= 15 is 0 Å². The van der Waals surface area contributed by atoms with Crippen LogP contribution < -0.4 is 11.1 Å². The zero-order valence-corrected chi connectivity index (χ0v) is 10.3. The third-order valence-electron chi connectivity index (χ3n) is 1.62. The lowest BCUT2D eigenvalue weighted by molar-refractivity contribution is -0.139. The number of nitrogens with two attached hydrogens (primary N) is 1. The Morgan fingerprint density at radius 3 is 2.06 bits per heavy atom. The molecule has 0 aromatic carbocycles. The van der Waals surface area contributed by atoms with E-state index in [2.05, 4.69) is 5.32 Å². The van der Waals surface area contributed by atoms with Gasteiger partial charge in [-0.1, -0.05) is 0 Å². The molecule has 0 saturated carbocycles. The van der Waals surface area contributed by atoms with Crippen LogP contribution in [0.15, 0.2) is 0 Å². The van der Waals surface area contributed by atoms with Crippen LogP contribution >= 0.6 is 0 Å². The maximum atomic E-state index is 11.5. The van der Waals surface area contributed by atoms with Crippen molar-refractivity contribution >= 4 is 17.8 Å². The summed E-state index contributed by atoms with van der Waals surface area (Å²) in [5, 5.41) is 11.3. The van der Waals surface area contributed by atoms with Gasteiger partial charge in [0.25, 0.3) is 0 Å². The van der Waals surface area contributed by atoms with Gasteiger partial charge in [0, 0.05) is 5.54 Å². The lowest BCUT2D eigenvalue weighted by Crippen LogP contribution is -2.48. The summed E-state index contributed by atoms with van der Waals surface area (Å²) in [6.07, 6.45) is 0. The van der Waals surface area contributed by atoms with Crippen LogP contribution in [0.1, 0.15) is 20.8 Å². The maximum absolute atomic E-state index is 11.5. The first-order chi connectivity index (χ1) is 7.60. The second-order valence-electron chi connectivity index (χ2n) is 4.80. The van der Waals surface area contributed by atoms with Gasteiger partial charge in [0.1, 0.15) is 0 Å². The maximum Gasteiger partial charge on any atom is 0.317 e. The fourth-order valence-corrected chi connectivity index (χ4v) is 1.24. The Morgan fingerprint density at radius 1 is 1.18 bits per heavy atom. The average Bonchev–Trinajstić information content (AvgIpc) is 1.95. The molecule has 0 heterocycles. The van der Waals surface area contributed by atoms with Crippen molar-refractivity contribution in [2.45, 2.75) is 26.3 Å². The van der Waals surface area contributed by atoms with Crippen molar-refractivity contribution in [1.82, 2.24) is 10.2 Å². The highest BCUT2D eigenvalue weighted by Gasteiger charge is 2.19. The molecule has 0 saturated heterocycles. The van der Waals surface area contributed by atoms with E-state index < -0.39 is 24.0 Å². The van der Waals surface area contributed by atoms with E-state index in [0.717, 1.165) is 0 Å². The van der Waals surface area contributed by atoms with Gasteiger partial charge in [-0.05, 0) is 20.8 Å². The molecule has 0 aromatic rings. The van der Waals surface area contributed by atoms with Crippen molar-refractivity contribution < 1.29 is 19.5 Å². The smallest absolute Gasteiger partial charge is 0.317 e. The molecule has 7 heteroatoms. The first-order valence-electron chi connectivity index (χ1n) is 5.13. The number of primary amides is 1. The molecule has 0 radical (unpaired) electrons. The minimum Gasteiger partial charge on any atom is -0.480 e. The van der Waals surface area contributed by atoms with E-state index in [-0.39, 0.29) is 19.0 Å². The summed E-state index contributed by atoms with van der Waals surface area (Å²) in [6, 6.07) is 0. The summed E-state index contributed by atoms with van der Waals surface area (Å²) in [6.45, 7) is 4.58. The first-order valence-corrected chi connectivity index (χ1v) is 5.13. The van der Waals surface area contributed by atoms with Gasteiger partial charge in [0.2, 0.25) is 11.8 Å². The second kappa shape index (κ2) is 6.19. The van der Waals surface area contributed by atoms with Crippen LogP contribution in [0.3, 0.4) is 0 Å². The molecule has 0 rings (SSSR count). The fourth-order valence-electron chi connectivity index (χ4n) is 1.24. The highest BCUT2D eigenvalue weighted by molar-refractivity contribution is 5.82. The monoisotopic (exact) mass is 245 g/mol. The predicted octanol–water partition coefficient (Wildman–Crippen LogP) is -1.23. The standard InChI is InChI=1S/C10H19N3O4/c1-10(2,3)12-8(15)5-13(4-7(11)14)6-9(16)17/h4-6H2,1-3H3,(H2,11,14)(H,12,15)(H,16,17). The predicted molar refractivity (Wildman–Crippen MR) is 61.2 cm³/mol. The van der Waals surface area contributed by atoms with E-state index in [1.54, 1.807) is 20.8 Å². The van der Waals surface area contributed by atoms with Gasteiger partial charge in [-0.25, -0.2) is 0 Å². The molecule has 0 aliphatic heterocycles. The molecule has 0 fully saturated rings. The molecule has 17 heavy (non-hydrogen) atoms. The minimum atomic E-state index is -1.12.